The summed E-state index contributed by atoms with van der Waals surface area (Å²) in [6.45, 7) is 4.16. The summed E-state index contributed by atoms with van der Waals surface area (Å²) in [5, 5.41) is 2.61. The van der Waals surface area contributed by atoms with Gasteiger partial charge in [0.25, 0.3) is 5.91 Å². The van der Waals surface area contributed by atoms with Crippen LogP contribution in [0.5, 0.6) is 0 Å². The Balaban J connectivity index is 2.08. The van der Waals surface area contributed by atoms with E-state index in [4.69, 9.17) is 0 Å². The van der Waals surface area contributed by atoms with E-state index >= 15 is 0 Å². The van der Waals surface area contributed by atoms with Crippen molar-refractivity contribution in [1.29, 1.82) is 0 Å². The van der Waals surface area contributed by atoms with Gasteiger partial charge in [-0.15, -0.1) is 0 Å². The third kappa shape index (κ3) is 4.87. The number of anilines is 1. The molecule has 2 aromatic carbocycles. The van der Waals surface area contributed by atoms with Gasteiger partial charge < -0.3 is 5.32 Å². The van der Waals surface area contributed by atoms with E-state index in [1.54, 1.807) is 0 Å². The summed E-state index contributed by atoms with van der Waals surface area (Å²) < 4.78 is 39.5. The van der Waals surface area contributed by atoms with E-state index in [0.717, 1.165) is 0 Å². The van der Waals surface area contributed by atoms with Gasteiger partial charge in [-0.25, -0.2) is 17.5 Å². The van der Waals surface area contributed by atoms with Crippen LogP contribution >= 0.6 is 0 Å². The minimum absolute atomic E-state index is 0.0986. The molecule has 0 bridgehead atoms. The van der Waals surface area contributed by atoms with Crippen molar-refractivity contribution >= 4 is 21.6 Å². The van der Waals surface area contributed by atoms with Crippen LogP contribution in [0.4, 0.5) is 10.1 Å². The summed E-state index contributed by atoms with van der Waals surface area (Å²) in [5.41, 5.74) is 0.763. The number of hydrogen-bond acceptors (Lipinski definition) is 3. The molecule has 0 heterocycles. The molecule has 128 valence electrons. The average molecular weight is 350 g/mol. The summed E-state index contributed by atoms with van der Waals surface area (Å²) in [7, 11) is -3.58. The van der Waals surface area contributed by atoms with Gasteiger partial charge in [0, 0.05) is 17.8 Å². The summed E-state index contributed by atoms with van der Waals surface area (Å²) >= 11 is 0. The number of amides is 1. The minimum Gasteiger partial charge on any atom is -0.322 e. The maximum Gasteiger partial charge on any atom is 0.255 e. The first-order chi connectivity index (χ1) is 11.3. The van der Waals surface area contributed by atoms with E-state index in [0.29, 0.717) is 17.8 Å². The Kier molecular flexibility index (Phi) is 5.69. The predicted molar refractivity (Wildman–Crippen MR) is 90.8 cm³/mol. The lowest BCUT2D eigenvalue weighted by Crippen LogP contribution is -2.27. The average Bonchev–Trinajstić information content (AvgIpc) is 2.55. The van der Waals surface area contributed by atoms with Crippen LogP contribution in [0.2, 0.25) is 0 Å². The number of benzene rings is 2. The second-order valence-electron chi connectivity index (χ2n) is 5.73. The van der Waals surface area contributed by atoms with Crippen molar-refractivity contribution in [1.82, 2.24) is 4.72 Å². The molecule has 24 heavy (non-hydrogen) atoms. The molecule has 0 saturated heterocycles. The third-order valence-electron chi connectivity index (χ3n) is 3.21. The Morgan fingerprint density at radius 3 is 2.17 bits per heavy atom. The summed E-state index contributed by atoms with van der Waals surface area (Å²) in [6, 6.07) is 11.0. The van der Waals surface area contributed by atoms with Gasteiger partial charge in [0.2, 0.25) is 10.0 Å². The van der Waals surface area contributed by atoms with Crippen LogP contribution in [0.25, 0.3) is 0 Å². The zero-order chi connectivity index (χ0) is 17.7. The molecule has 0 spiro atoms. The third-order valence-corrected chi connectivity index (χ3v) is 4.65. The fourth-order valence-corrected chi connectivity index (χ4v) is 3.10. The Labute approximate surface area is 141 Å². The SMILES string of the molecule is CC(C)CNS(=O)(=O)c1ccc(C(=O)Nc2ccc(F)cc2)cc1. The van der Waals surface area contributed by atoms with Gasteiger partial charge in [-0.2, -0.15) is 0 Å². The van der Waals surface area contributed by atoms with E-state index in [1.165, 1.54) is 48.5 Å². The van der Waals surface area contributed by atoms with E-state index in [9.17, 15) is 17.6 Å². The molecule has 0 aliphatic carbocycles. The topological polar surface area (TPSA) is 75.3 Å². The quantitative estimate of drug-likeness (QED) is 0.841. The van der Waals surface area contributed by atoms with Crippen molar-refractivity contribution in [3.8, 4) is 0 Å². The highest BCUT2D eigenvalue weighted by molar-refractivity contribution is 7.89. The molecule has 0 fully saturated rings. The van der Waals surface area contributed by atoms with Crippen LogP contribution in [-0.4, -0.2) is 20.9 Å². The van der Waals surface area contributed by atoms with Gasteiger partial charge in [-0.1, -0.05) is 13.8 Å². The van der Waals surface area contributed by atoms with Crippen molar-refractivity contribution in [3.05, 3.63) is 59.9 Å². The molecule has 0 saturated carbocycles. The van der Waals surface area contributed by atoms with Crippen LogP contribution in [0.1, 0.15) is 24.2 Å². The highest BCUT2D eigenvalue weighted by Crippen LogP contribution is 2.14. The molecule has 2 aromatic rings. The number of halogens is 1. The molecule has 0 aliphatic heterocycles. The lowest BCUT2D eigenvalue weighted by molar-refractivity contribution is 0.102. The van der Waals surface area contributed by atoms with Gasteiger partial charge in [0.1, 0.15) is 5.82 Å². The largest absolute Gasteiger partial charge is 0.322 e. The van der Waals surface area contributed by atoms with Crippen LogP contribution < -0.4 is 10.0 Å². The smallest absolute Gasteiger partial charge is 0.255 e. The molecular weight excluding hydrogens is 331 g/mol. The van der Waals surface area contributed by atoms with Crippen molar-refractivity contribution < 1.29 is 17.6 Å². The normalized spacial score (nSPS) is 11.5. The Bertz CT molecular complexity index is 801. The Morgan fingerprint density at radius 1 is 1.04 bits per heavy atom. The first-order valence-corrected chi connectivity index (χ1v) is 8.93. The van der Waals surface area contributed by atoms with Crippen molar-refractivity contribution in [2.45, 2.75) is 18.7 Å². The zero-order valence-corrected chi connectivity index (χ0v) is 14.2. The van der Waals surface area contributed by atoms with Gasteiger partial charge in [-0.3, -0.25) is 4.79 Å². The van der Waals surface area contributed by atoms with Crippen LogP contribution in [-0.2, 0) is 10.0 Å². The highest BCUT2D eigenvalue weighted by atomic mass is 32.2. The molecule has 2 N–H and O–H groups in total. The van der Waals surface area contributed by atoms with E-state index in [2.05, 4.69) is 10.0 Å². The molecule has 1 amide bonds. The van der Waals surface area contributed by atoms with Gasteiger partial charge in [0.15, 0.2) is 0 Å². The van der Waals surface area contributed by atoms with Crippen molar-refractivity contribution in [3.63, 3.8) is 0 Å². The monoisotopic (exact) mass is 350 g/mol. The number of rotatable bonds is 6. The number of hydrogen-bond donors (Lipinski definition) is 2. The van der Waals surface area contributed by atoms with Crippen molar-refractivity contribution in [2.24, 2.45) is 5.92 Å². The molecule has 0 aliphatic rings. The molecule has 0 aromatic heterocycles. The predicted octanol–water partition coefficient (Wildman–Crippen LogP) is 3.01. The number of sulfonamides is 1. The number of carbonyl (C=O) groups is 1. The maximum absolute atomic E-state index is 12.8. The van der Waals surface area contributed by atoms with E-state index in [-0.39, 0.29) is 10.8 Å². The lowest BCUT2D eigenvalue weighted by atomic mass is 10.2. The second-order valence-corrected chi connectivity index (χ2v) is 7.50. The molecule has 0 atom stereocenters. The number of nitrogens with one attached hydrogen (secondary N) is 2. The molecule has 2 rings (SSSR count). The molecule has 0 unspecified atom stereocenters. The van der Waals surface area contributed by atoms with Gasteiger partial charge in [0.05, 0.1) is 4.90 Å². The molecule has 7 heteroatoms. The van der Waals surface area contributed by atoms with Gasteiger partial charge in [-0.05, 0) is 54.4 Å². The molecular formula is C17H19FN2O3S. The first-order valence-electron chi connectivity index (χ1n) is 7.44. The van der Waals surface area contributed by atoms with Crippen LogP contribution in [0.3, 0.4) is 0 Å². The van der Waals surface area contributed by atoms with Crippen LogP contribution in [0, 0.1) is 11.7 Å². The zero-order valence-electron chi connectivity index (χ0n) is 13.4. The maximum atomic E-state index is 12.8. The van der Waals surface area contributed by atoms with Crippen LogP contribution in [0.15, 0.2) is 53.4 Å². The summed E-state index contributed by atoms with van der Waals surface area (Å²) in [5.74, 6) is -0.599. The Morgan fingerprint density at radius 2 is 1.62 bits per heavy atom. The fraction of sp³-hybridized carbons (Fsp3) is 0.235. The van der Waals surface area contributed by atoms with Crippen molar-refractivity contribution in [2.75, 3.05) is 11.9 Å². The fourth-order valence-electron chi connectivity index (χ4n) is 1.88. The van der Waals surface area contributed by atoms with Gasteiger partial charge >= 0.3 is 0 Å². The highest BCUT2D eigenvalue weighted by Gasteiger charge is 2.15. The minimum atomic E-state index is -3.58. The van der Waals surface area contributed by atoms with E-state index < -0.39 is 21.7 Å². The molecule has 5 nitrogen and oxygen atoms in total. The Hall–Kier alpha value is -2.25. The van der Waals surface area contributed by atoms with E-state index in [1.807, 2.05) is 13.8 Å². The number of carbonyl (C=O) groups excluding carboxylic acids is 1. The standard InChI is InChI=1S/C17H19FN2O3S/c1-12(2)11-19-24(22,23)16-9-3-13(4-10-16)17(21)20-15-7-5-14(18)6-8-15/h3-10,12,19H,11H2,1-2H3,(H,20,21). The first kappa shape index (κ1) is 18.1. The summed E-state index contributed by atoms with van der Waals surface area (Å²) in [6.07, 6.45) is 0. The lowest BCUT2D eigenvalue weighted by Gasteiger charge is -2.09. The summed E-state index contributed by atoms with van der Waals surface area (Å²) in [4.78, 5) is 12.2. The molecule has 0 radical (unpaired) electrons. The second kappa shape index (κ2) is 7.55.